The van der Waals surface area contributed by atoms with Gasteiger partial charge in [-0.05, 0) is 25.3 Å². The van der Waals surface area contributed by atoms with Crippen molar-refractivity contribution in [3.05, 3.63) is 29.8 Å². The van der Waals surface area contributed by atoms with Crippen LogP contribution in [0.2, 0.25) is 0 Å². The van der Waals surface area contributed by atoms with Gasteiger partial charge in [0.15, 0.2) is 5.96 Å². The van der Waals surface area contributed by atoms with Gasteiger partial charge in [0.05, 0.1) is 20.3 Å². The number of aliphatic imine (C=N–C) groups is 1. The maximum Gasteiger partial charge on any atom is 0.191 e. The lowest BCUT2D eigenvalue weighted by Crippen LogP contribution is -2.45. The van der Waals surface area contributed by atoms with Crippen molar-refractivity contribution in [3.63, 3.8) is 0 Å². The Hall–Kier alpha value is -1.79. The second-order valence-corrected chi connectivity index (χ2v) is 7.00. The monoisotopic (exact) mass is 377 g/mol. The van der Waals surface area contributed by atoms with Gasteiger partial charge >= 0.3 is 0 Å². The van der Waals surface area contributed by atoms with Crippen LogP contribution in [0.1, 0.15) is 37.7 Å². The number of nitrogens with one attached hydrogen (secondary N) is 2. The largest absolute Gasteiger partial charge is 0.496 e. The van der Waals surface area contributed by atoms with Crippen molar-refractivity contribution in [2.24, 2.45) is 4.99 Å². The van der Waals surface area contributed by atoms with Crippen LogP contribution in [0.3, 0.4) is 0 Å². The maximum atomic E-state index is 5.64. The molecule has 0 aromatic heterocycles. The topological polar surface area (TPSA) is 64.1 Å². The molecule has 2 N–H and O–H groups in total. The molecular weight excluding hydrogens is 342 g/mol. The molecule has 1 saturated carbocycles. The van der Waals surface area contributed by atoms with E-state index >= 15 is 0 Å². The van der Waals surface area contributed by atoms with Gasteiger partial charge in [-0.15, -0.1) is 0 Å². The Morgan fingerprint density at radius 1 is 1.07 bits per heavy atom. The van der Waals surface area contributed by atoms with Crippen molar-refractivity contribution in [2.75, 3.05) is 54.2 Å². The predicted molar refractivity (Wildman–Crippen MR) is 110 cm³/mol. The Bertz CT molecular complexity index is 572. The summed E-state index contributed by atoms with van der Waals surface area (Å²) < 4.78 is 16.1. The van der Waals surface area contributed by atoms with Crippen LogP contribution in [0.5, 0.6) is 5.75 Å². The first-order chi connectivity index (χ1) is 13.3. The molecule has 1 aliphatic carbocycles. The fourth-order valence-corrected chi connectivity index (χ4v) is 3.77. The minimum atomic E-state index is 0.105. The lowest BCUT2D eigenvalue weighted by atomic mass is 9.78. The molecule has 0 aliphatic heterocycles. The average molecular weight is 378 g/mol. The van der Waals surface area contributed by atoms with E-state index in [1.54, 1.807) is 14.2 Å². The molecule has 0 saturated heterocycles. The first-order valence-electron chi connectivity index (χ1n) is 9.90. The van der Waals surface area contributed by atoms with Crippen molar-refractivity contribution < 1.29 is 14.2 Å². The van der Waals surface area contributed by atoms with E-state index in [0.29, 0.717) is 13.2 Å². The molecule has 0 heterocycles. The molecule has 1 aromatic carbocycles. The molecule has 6 nitrogen and oxygen atoms in total. The van der Waals surface area contributed by atoms with Crippen LogP contribution in [-0.2, 0) is 14.9 Å². The van der Waals surface area contributed by atoms with Gasteiger partial charge in [0.25, 0.3) is 0 Å². The zero-order valence-electron chi connectivity index (χ0n) is 17.1. The lowest BCUT2D eigenvalue weighted by Gasteiger charge is -2.32. The Labute approximate surface area is 163 Å². The van der Waals surface area contributed by atoms with E-state index in [0.717, 1.165) is 37.8 Å². The standard InChI is InChI=1S/C21H35N3O3/c1-22-20(23-13-8-14-27-16-15-25-2)24-17-21(11-6-7-12-21)18-9-4-5-10-19(18)26-3/h4-5,9-10H,6-8,11-17H2,1-3H3,(H2,22,23,24). The maximum absolute atomic E-state index is 5.64. The van der Waals surface area contributed by atoms with Crippen LogP contribution < -0.4 is 15.4 Å². The van der Waals surface area contributed by atoms with Gasteiger partial charge in [-0.3, -0.25) is 4.99 Å². The van der Waals surface area contributed by atoms with E-state index in [1.165, 1.54) is 31.2 Å². The number of benzene rings is 1. The lowest BCUT2D eigenvalue weighted by molar-refractivity contribution is 0.0698. The van der Waals surface area contributed by atoms with Crippen molar-refractivity contribution in [2.45, 2.75) is 37.5 Å². The highest BCUT2D eigenvalue weighted by Gasteiger charge is 2.37. The molecule has 6 heteroatoms. The summed E-state index contributed by atoms with van der Waals surface area (Å²) in [5.41, 5.74) is 1.41. The van der Waals surface area contributed by atoms with E-state index in [-0.39, 0.29) is 5.41 Å². The van der Waals surface area contributed by atoms with Gasteiger partial charge in [0, 0.05) is 44.8 Å². The van der Waals surface area contributed by atoms with Crippen molar-refractivity contribution in [1.29, 1.82) is 0 Å². The molecule has 27 heavy (non-hydrogen) atoms. The molecular formula is C21H35N3O3. The van der Waals surface area contributed by atoms with E-state index in [4.69, 9.17) is 14.2 Å². The summed E-state index contributed by atoms with van der Waals surface area (Å²) >= 11 is 0. The highest BCUT2D eigenvalue weighted by Crippen LogP contribution is 2.44. The third kappa shape index (κ3) is 6.40. The average Bonchev–Trinajstić information content (AvgIpc) is 3.19. The second kappa shape index (κ2) is 11.8. The number of hydrogen-bond donors (Lipinski definition) is 2. The molecule has 0 radical (unpaired) electrons. The van der Waals surface area contributed by atoms with Crippen LogP contribution in [0.15, 0.2) is 29.3 Å². The number of ether oxygens (including phenoxy) is 3. The van der Waals surface area contributed by atoms with Crippen LogP contribution in [-0.4, -0.2) is 60.1 Å². The van der Waals surface area contributed by atoms with Gasteiger partial charge in [0.1, 0.15) is 5.75 Å². The number of rotatable bonds is 11. The minimum Gasteiger partial charge on any atom is -0.496 e. The summed E-state index contributed by atoms with van der Waals surface area (Å²) in [6, 6.07) is 8.41. The number of para-hydroxylation sites is 1. The summed E-state index contributed by atoms with van der Waals surface area (Å²) in [6.07, 6.45) is 5.78. The third-order valence-corrected chi connectivity index (χ3v) is 5.25. The first kappa shape index (κ1) is 21.5. The molecule has 2 rings (SSSR count). The molecule has 0 atom stereocenters. The zero-order valence-corrected chi connectivity index (χ0v) is 17.1. The number of guanidine groups is 1. The molecule has 0 bridgehead atoms. The Balaban J connectivity index is 1.85. The van der Waals surface area contributed by atoms with Gasteiger partial charge in [0.2, 0.25) is 0 Å². The van der Waals surface area contributed by atoms with Gasteiger partial charge in [-0.2, -0.15) is 0 Å². The molecule has 0 spiro atoms. The molecule has 152 valence electrons. The third-order valence-electron chi connectivity index (χ3n) is 5.25. The number of hydrogen-bond acceptors (Lipinski definition) is 4. The number of nitrogens with zero attached hydrogens (tertiary/aromatic N) is 1. The molecule has 1 aliphatic rings. The molecule has 0 amide bonds. The van der Waals surface area contributed by atoms with Crippen LogP contribution >= 0.6 is 0 Å². The minimum absolute atomic E-state index is 0.105. The van der Waals surface area contributed by atoms with Gasteiger partial charge in [-0.1, -0.05) is 31.0 Å². The predicted octanol–water partition coefficient (Wildman–Crippen LogP) is 2.73. The van der Waals surface area contributed by atoms with E-state index < -0.39 is 0 Å². The smallest absolute Gasteiger partial charge is 0.191 e. The van der Waals surface area contributed by atoms with Gasteiger partial charge < -0.3 is 24.8 Å². The van der Waals surface area contributed by atoms with E-state index in [1.807, 2.05) is 13.1 Å². The summed E-state index contributed by atoms with van der Waals surface area (Å²) in [6.45, 7) is 3.69. The van der Waals surface area contributed by atoms with Crippen LogP contribution in [0.4, 0.5) is 0 Å². The summed E-state index contributed by atoms with van der Waals surface area (Å²) in [4.78, 5) is 4.37. The van der Waals surface area contributed by atoms with Gasteiger partial charge in [-0.25, -0.2) is 0 Å². The zero-order chi connectivity index (χ0) is 19.4. The normalized spacial score (nSPS) is 16.3. The number of methoxy groups -OCH3 is 2. The van der Waals surface area contributed by atoms with Crippen LogP contribution in [0.25, 0.3) is 0 Å². The fourth-order valence-electron chi connectivity index (χ4n) is 3.77. The summed E-state index contributed by atoms with van der Waals surface area (Å²) in [5, 5.41) is 6.91. The molecule has 1 aromatic rings. The SMILES string of the molecule is CN=C(NCCCOCCOC)NCC1(c2ccccc2OC)CCCC1. The molecule has 0 unspecified atom stereocenters. The second-order valence-electron chi connectivity index (χ2n) is 7.00. The van der Waals surface area contributed by atoms with E-state index in [2.05, 4.69) is 33.8 Å². The Morgan fingerprint density at radius 2 is 1.85 bits per heavy atom. The van der Waals surface area contributed by atoms with E-state index in [9.17, 15) is 0 Å². The highest BCUT2D eigenvalue weighted by atomic mass is 16.5. The summed E-state index contributed by atoms with van der Waals surface area (Å²) in [5.74, 6) is 1.82. The van der Waals surface area contributed by atoms with Crippen molar-refractivity contribution in [1.82, 2.24) is 10.6 Å². The van der Waals surface area contributed by atoms with Crippen molar-refractivity contribution >= 4 is 5.96 Å². The van der Waals surface area contributed by atoms with Crippen LogP contribution in [0, 0.1) is 0 Å². The highest BCUT2D eigenvalue weighted by molar-refractivity contribution is 5.79. The Morgan fingerprint density at radius 3 is 2.56 bits per heavy atom. The molecule has 1 fully saturated rings. The van der Waals surface area contributed by atoms with Crippen molar-refractivity contribution in [3.8, 4) is 5.75 Å². The fraction of sp³-hybridized carbons (Fsp3) is 0.667. The Kier molecular flexibility index (Phi) is 9.42. The first-order valence-corrected chi connectivity index (χ1v) is 9.90. The summed E-state index contributed by atoms with van der Waals surface area (Å²) in [7, 11) is 5.25. The quantitative estimate of drug-likeness (QED) is 0.353.